The molecule has 0 radical (unpaired) electrons. The van der Waals surface area contributed by atoms with E-state index >= 15 is 0 Å². The standard InChI is InChI=1S/C33H34N4S/c1-4-10-28(11-5-1)33(29-12-6-2-7-13-29)36-20-18-35(19-21-36)25-27-16-17-32-31(24-27)34-26-37(32)22-23-38-30-14-8-3-9-15-30/h1-17,24,26,33H,18-23,25H2. The fraction of sp³-hybridized carbons (Fsp3) is 0.242. The maximum absolute atomic E-state index is 4.73. The van der Waals surface area contributed by atoms with Gasteiger partial charge in [-0.1, -0.05) is 84.9 Å². The predicted octanol–water partition coefficient (Wildman–Crippen LogP) is 6.74. The molecule has 1 aliphatic rings. The topological polar surface area (TPSA) is 24.3 Å². The van der Waals surface area contributed by atoms with Crippen LogP contribution >= 0.6 is 11.8 Å². The Labute approximate surface area is 229 Å². The molecule has 0 N–H and O–H groups in total. The molecule has 1 aliphatic heterocycles. The number of rotatable bonds is 9. The van der Waals surface area contributed by atoms with Crippen LogP contribution in [0.25, 0.3) is 11.0 Å². The predicted molar refractivity (Wildman–Crippen MR) is 158 cm³/mol. The van der Waals surface area contributed by atoms with Crippen molar-refractivity contribution in [2.75, 3.05) is 31.9 Å². The smallest absolute Gasteiger partial charge is 0.0958 e. The van der Waals surface area contributed by atoms with Gasteiger partial charge in [-0.05, 0) is 41.0 Å². The summed E-state index contributed by atoms with van der Waals surface area (Å²) in [4.78, 5) is 11.3. The van der Waals surface area contributed by atoms with Crippen LogP contribution in [0.1, 0.15) is 22.7 Å². The fourth-order valence-corrected chi connectivity index (χ4v) is 6.36. The van der Waals surface area contributed by atoms with E-state index in [1.165, 1.54) is 27.1 Å². The van der Waals surface area contributed by atoms with Crippen LogP contribution in [0, 0.1) is 0 Å². The van der Waals surface area contributed by atoms with E-state index in [1.807, 2.05) is 18.1 Å². The van der Waals surface area contributed by atoms with Crippen LogP contribution in [0.4, 0.5) is 0 Å². The molecule has 5 heteroatoms. The first-order chi connectivity index (χ1) is 18.8. The molecular formula is C33H34N4S. The molecule has 1 saturated heterocycles. The molecule has 1 aromatic heterocycles. The average Bonchev–Trinajstić information content (AvgIpc) is 3.38. The van der Waals surface area contributed by atoms with Crippen molar-refractivity contribution >= 4 is 22.8 Å². The number of piperazine rings is 1. The van der Waals surface area contributed by atoms with Gasteiger partial charge in [0.2, 0.25) is 0 Å². The van der Waals surface area contributed by atoms with E-state index in [0.29, 0.717) is 6.04 Å². The molecular weight excluding hydrogens is 484 g/mol. The van der Waals surface area contributed by atoms with Gasteiger partial charge in [-0.3, -0.25) is 9.80 Å². The number of benzene rings is 4. The molecule has 0 saturated carbocycles. The summed E-state index contributed by atoms with van der Waals surface area (Å²) in [5.74, 6) is 1.04. The summed E-state index contributed by atoms with van der Waals surface area (Å²) >= 11 is 1.89. The van der Waals surface area contributed by atoms with Gasteiger partial charge in [0, 0.05) is 49.9 Å². The lowest BCUT2D eigenvalue weighted by molar-refractivity contribution is 0.105. The largest absolute Gasteiger partial charge is 0.330 e. The van der Waals surface area contributed by atoms with Crippen molar-refractivity contribution in [2.45, 2.75) is 24.0 Å². The normalized spacial score (nSPS) is 14.9. The Balaban J connectivity index is 1.07. The highest BCUT2D eigenvalue weighted by atomic mass is 32.2. The van der Waals surface area contributed by atoms with E-state index < -0.39 is 0 Å². The van der Waals surface area contributed by atoms with Crippen LogP contribution in [0.15, 0.2) is 120 Å². The Bertz CT molecular complexity index is 1390. The number of aryl methyl sites for hydroxylation is 1. The third-order valence-corrected chi connectivity index (χ3v) is 8.43. The first kappa shape index (κ1) is 24.9. The summed E-state index contributed by atoms with van der Waals surface area (Å²) in [6, 6.07) is 39.6. The second kappa shape index (κ2) is 12.0. The van der Waals surface area contributed by atoms with Gasteiger partial charge in [-0.25, -0.2) is 4.98 Å². The maximum Gasteiger partial charge on any atom is 0.0958 e. The molecule has 5 aromatic rings. The van der Waals surface area contributed by atoms with Crippen LogP contribution in [-0.2, 0) is 13.1 Å². The SMILES string of the molecule is c1ccc(SCCn2cnc3cc(CN4CCN(C(c5ccccc5)c5ccccc5)CC4)ccc32)cc1. The Morgan fingerprint density at radius 2 is 1.34 bits per heavy atom. The summed E-state index contributed by atoms with van der Waals surface area (Å²) in [6.45, 7) is 6.19. The van der Waals surface area contributed by atoms with Gasteiger partial charge in [0.15, 0.2) is 0 Å². The van der Waals surface area contributed by atoms with E-state index in [1.54, 1.807) is 0 Å². The van der Waals surface area contributed by atoms with E-state index in [4.69, 9.17) is 4.98 Å². The molecule has 0 spiro atoms. The summed E-state index contributed by atoms with van der Waals surface area (Å²) < 4.78 is 2.28. The fourth-order valence-electron chi connectivity index (χ4n) is 5.49. The summed E-state index contributed by atoms with van der Waals surface area (Å²) in [7, 11) is 0. The van der Waals surface area contributed by atoms with Gasteiger partial charge in [-0.2, -0.15) is 0 Å². The third-order valence-electron chi connectivity index (χ3n) is 7.44. The van der Waals surface area contributed by atoms with Crippen LogP contribution in [0.5, 0.6) is 0 Å². The van der Waals surface area contributed by atoms with Crippen molar-refractivity contribution in [1.29, 1.82) is 0 Å². The number of fused-ring (bicyclic) bond motifs is 1. The second-order valence-corrected chi connectivity index (χ2v) is 11.1. The molecule has 4 nitrogen and oxygen atoms in total. The Morgan fingerprint density at radius 3 is 2.00 bits per heavy atom. The Morgan fingerprint density at radius 1 is 0.711 bits per heavy atom. The minimum absolute atomic E-state index is 0.305. The molecule has 0 bridgehead atoms. The van der Waals surface area contributed by atoms with Crippen molar-refractivity contribution in [2.24, 2.45) is 0 Å². The first-order valence-corrected chi connectivity index (χ1v) is 14.5. The van der Waals surface area contributed by atoms with Gasteiger partial charge < -0.3 is 4.57 Å². The highest BCUT2D eigenvalue weighted by Gasteiger charge is 2.26. The van der Waals surface area contributed by atoms with Gasteiger partial charge in [0.1, 0.15) is 0 Å². The zero-order valence-corrected chi connectivity index (χ0v) is 22.5. The van der Waals surface area contributed by atoms with E-state index in [9.17, 15) is 0 Å². The van der Waals surface area contributed by atoms with E-state index in [0.717, 1.165) is 50.5 Å². The molecule has 0 amide bonds. The molecule has 4 aromatic carbocycles. The maximum atomic E-state index is 4.73. The first-order valence-electron chi connectivity index (χ1n) is 13.5. The minimum Gasteiger partial charge on any atom is -0.330 e. The number of aromatic nitrogens is 2. The molecule has 1 fully saturated rings. The number of hydrogen-bond acceptors (Lipinski definition) is 4. The molecule has 0 atom stereocenters. The second-order valence-electron chi connectivity index (χ2n) is 9.96. The van der Waals surface area contributed by atoms with Crippen LogP contribution in [-0.4, -0.2) is 51.3 Å². The lowest BCUT2D eigenvalue weighted by atomic mass is 9.96. The summed E-state index contributed by atoms with van der Waals surface area (Å²) in [6.07, 6.45) is 1.99. The Hall–Kier alpha value is -3.38. The van der Waals surface area contributed by atoms with E-state index in [2.05, 4.69) is 124 Å². The monoisotopic (exact) mass is 518 g/mol. The number of thioether (sulfide) groups is 1. The van der Waals surface area contributed by atoms with Crippen LogP contribution in [0.3, 0.4) is 0 Å². The highest BCUT2D eigenvalue weighted by Crippen LogP contribution is 2.30. The Kier molecular flexibility index (Phi) is 7.87. The van der Waals surface area contributed by atoms with Gasteiger partial charge in [0.25, 0.3) is 0 Å². The summed E-state index contributed by atoms with van der Waals surface area (Å²) in [5, 5.41) is 0. The van der Waals surface area contributed by atoms with Crippen molar-refractivity contribution in [3.05, 3.63) is 132 Å². The van der Waals surface area contributed by atoms with Crippen molar-refractivity contribution in [3.63, 3.8) is 0 Å². The molecule has 38 heavy (non-hydrogen) atoms. The quantitative estimate of drug-likeness (QED) is 0.202. The van der Waals surface area contributed by atoms with Gasteiger partial charge in [-0.15, -0.1) is 11.8 Å². The van der Waals surface area contributed by atoms with Gasteiger partial charge in [0.05, 0.1) is 23.4 Å². The van der Waals surface area contributed by atoms with E-state index in [-0.39, 0.29) is 0 Å². The van der Waals surface area contributed by atoms with Crippen molar-refractivity contribution in [3.8, 4) is 0 Å². The zero-order chi connectivity index (χ0) is 25.6. The number of nitrogens with zero attached hydrogens (tertiary/aromatic N) is 4. The molecule has 6 rings (SSSR count). The lowest BCUT2D eigenvalue weighted by Gasteiger charge is -2.39. The number of hydrogen-bond donors (Lipinski definition) is 0. The zero-order valence-electron chi connectivity index (χ0n) is 21.7. The highest BCUT2D eigenvalue weighted by molar-refractivity contribution is 7.99. The van der Waals surface area contributed by atoms with Gasteiger partial charge >= 0.3 is 0 Å². The molecule has 0 unspecified atom stereocenters. The van der Waals surface area contributed by atoms with Crippen molar-refractivity contribution in [1.82, 2.24) is 19.4 Å². The summed E-state index contributed by atoms with van der Waals surface area (Å²) in [5.41, 5.74) is 6.41. The number of imidazole rings is 1. The minimum atomic E-state index is 0.305. The average molecular weight is 519 g/mol. The van der Waals surface area contributed by atoms with Crippen LogP contribution < -0.4 is 0 Å². The molecule has 192 valence electrons. The molecule has 2 heterocycles. The van der Waals surface area contributed by atoms with Crippen LogP contribution in [0.2, 0.25) is 0 Å². The third kappa shape index (κ3) is 5.86. The lowest BCUT2D eigenvalue weighted by Crippen LogP contribution is -2.47. The van der Waals surface area contributed by atoms with Crippen molar-refractivity contribution < 1.29 is 0 Å². The molecule has 0 aliphatic carbocycles.